The molecule has 6 nitrogen and oxygen atoms in total. The molecule has 1 heterocycles. The van der Waals surface area contributed by atoms with Crippen LogP contribution in [0.4, 0.5) is 11.4 Å². The standard InChI is InChI=1S/C15H20N4O2/c1-4-13-14(9-19(3)18-13)17-15(20)10-6-11(16)8-12(7-10)21-5-2/h6-9H,4-5,16H2,1-3H3,(H,17,20). The SMILES string of the molecule is CCOc1cc(N)cc(C(=O)Nc2cn(C)nc2CC)c1. The maximum absolute atomic E-state index is 12.3. The first kappa shape index (κ1) is 14.9. The molecule has 0 saturated heterocycles. The van der Waals surface area contributed by atoms with Crippen LogP contribution in [-0.4, -0.2) is 22.3 Å². The average molecular weight is 288 g/mol. The third-order valence-electron chi connectivity index (χ3n) is 2.99. The molecule has 0 aliphatic rings. The Bertz CT molecular complexity index is 649. The number of nitrogens with one attached hydrogen (secondary N) is 1. The van der Waals surface area contributed by atoms with E-state index in [1.54, 1.807) is 29.1 Å². The Balaban J connectivity index is 2.23. The number of hydrogen-bond donors (Lipinski definition) is 2. The van der Waals surface area contributed by atoms with Gasteiger partial charge < -0.3 is 15.8 Å². The summed E-state index contributed by atoms with van der Waals surface area (Å²) in [6, 6.07) is 5.00. The minimum atomic E-state index is -0.231. The quantitative estimate of drug-likeness (QED) is 0.826. The highest BCUT2D eigenvalue weighted by molar-refractivity contribution is 6.05. The molecule has 0 spiro atoms. The maximum Gasteiger partial charge on any atom is 0.255 e. The Morgan fingerprint density at radius 3 is 2.81 bits per heavy atom. The highest BCUT2D eigenvalue weighted by Gasteiger charge is 2.13. The zero-order valence-corrected chi connectivity index (χ0v) is 12.5. The van der Waals surface area contributed by atoms with E-state index in [-0.39, 0.29) is 5.91 Å². The van der Waals surface area contributed by atoms with Gasteiger partial charge in [-0.2, -0.15) is 5.10 Å². The fourth-order valence-corrected chi connectivity index (χ4v) is 2.10. The highest BCUT2D eigenvalue weighted by Crippen LogP contribution is 2.21. The monoisotopic (exact) mass is 288 g/mol. The molecule has 1 aromatic carbocycles. The molecule has 0 fully saturated rings. The van der Waals surface area contributed by atoms with Gasteiger partial charge >= 0.3 is 0 Å². The summed E-state index contributed by atoms with van der Waals surface area (Å²) in [7, 11) is 1.82. The summed E-state index contributed by atoms with van der Waals surface area (Å²) in [6.45, 7) is 4.39. The Hall–Kier alpha value is -2.50. The van der Waals surface area contributed by atoms with E-state index in [4.69, 9.17) is 10.5 Å². The first-order valence-corrected chi connectivity index (χ1v) is 6.90. The molecule has 1 aromatic heterocycles. The van der Waals surface area contributed by atoms with Gasteiger partial charge in [-0.15, -0.1) is 0 Å². The fourth-order valence-electron chi connectivity index (χ4n) is 2.10. The third-order valence-corrected chi connectivity index (χ3v) is 2.99. The number of nitrogens with zero attached hydrogens (tertiary/aromatic N) is 2. The predicted molar refractivity (Wildman–Crippen MR) is 82.6 cm³/mol. The minimum Gasteiger partial charge on any atom is -0.494 e. The van der Waals surface area contributed by atoms with Gasteiger partial charge in [-0.1, -0.05) is 6.92 Å². The first-order chi connectivity index (χ1) is 10.0. The lowest BCUT2D eigenvalue weighted by molar-refractivity contribution is 0.102. The van der Waals surface area contributed by atoms with Crippen LogP contribution >= 0.6 is 0 Å². The molecule has 0 bridgehead atoms. The molecule has 0 saturated carbocycles. The van der Waals surface area contributed by atoms with Gasteiger partial charge in [0.25, 0.3) is 5.91 Å². The molecule has 0 aliphatic heterocycles. The molecule has 1 amide bonds. The van der Waals surface area contributed by atoms with E-state index in [1.165, 1.54) is 0 Å². The molecule has 3 N–H and O–H groups in total. The molecule has 0 unspecified atom stereocenters. The van der Waals surface area contributed by atoms with Crippen molar-refractivity contribution >= 4 is 17.3 Å². The van der Waals surface area contributed by atoms with Crippen molar-refractivity contribution in [1.29, 1.82) is 0 Å². The van der Waals surface area contributed by atoms with E-state index in [0.717, 1.165) is 12.1 Å². The molecule has 0 atom stereocenters. The predicted octanol–water partition coefficient (Wildman–Crippen LogP) is 2.22. The van der Waals surface area contributed by atoms with Crippen molar-refractivity contribution < 1.29 is 9.53 Å². The zero-order valence-electron chi connectivity index (χ0n) is 12.5. The third kappa shape index (κ3) is 3.53. The molecule has 6 heteroatoms. The summed E-state index contributed by atoms with van der Waals surface area (Å²) < 4.78 is 7.08. The number of aryl methyl sites for hydroxylation is 2. The first-order valence-electron chi connectivity index (χ1n) is 6.90. The number of amides is 1. The van der Waals surface area contributed by atoms with Crippen molar-refractivity contribution in [3.8, 4) is 5.75 Å². The average Bonchev–Trinajstić information content (AvgIpc) is 2.78. The lowest BCUT2D eigenvalue weighted by Crippen LogP contribution is -2.13. The van der Waals surface area contributed by atoms with Gasteiger partial charge in [0.2, 0.25) is 0 Å². The Kier molecular flexibility index (Phi) is 4.47. The van der Waals surface area contributed by atoms with Crippen LogP contribution in [0.2, 0.25) is 0 Å². The number of aromatic nitrogens is 2. The van der Waals surface area contributed by atoms with Gasteiger partial charge in [0, 0.05) is 30.6 Å². The van der Waals surface area contributed by atoms with Gasteiger partial charge in [0.1, 0.15) is 5.75 Å². The van der Waals surface area contributed by atoms with E-state index in [9.17, 15) is 4.79 Å². The smallest absolute Gasteiger partial charge is 0.255 e. The highest BCUT2D eigenvalue weighted by atomic mass is 16.5. The summed E-state index contributed by atoms with van der Waals surface area (Å²) in [5.74, 6) is 0.357. The maximum atomic E-state index is 12.3. The van der Waals surface area contributed by atoms with Crippen LogP contribution in [0.5, 0.6) is 5.75 Å². The fraction of sp³-hybridized carbons (Fsp3) is 0.333. The van der Waals surface area contributed by atoms with Crippen molar-refractivity contribution in [3.63, 3.8) is 0 Å². The van der Waals surface area contributed by atoms with E-state index in [1.807, 2.05) is 20.9 Å². The molecular weight excluding hydrogens is 268 g/mol. The van der Waals surface area contributed by atoms with E-state index >= 15 is 0 Å². The topological polar surface area (TPSA) is 82.2 Å². The van der Waals surface area contributed by atoms with Crippen molar-refractivity contribution in [1.82, 2.24) is 9.78 Å². The summed E-state index contributed by atoms with van der Waals surface area (Å²) in [6.07, 6.45) is 2.53. The van der Waals surface area contributed by atoms with Gasteiger partial charge in [0.05, 0.1) is 18.0 Å². The number of carbonyl (C=O) groups excluding carboxylic acids is 1. The summed E-state index contributed by atoms with van der Waals surface area (Å²) >= 11 is 0. The van der Waals surface area contributed by atoms with Crippen molar-refractivity contribution in [2.24, 2.45) is 7.05 Å². The number of nitrogen functional groups attached to an aromatic ring is 1. The van der Waals surface area contributed by atoms with Crippen LogP contribution in [0.15, 0.2) is 24.4 Å². The van der Waals surface area contributed by atoms with Crippen LogP contribution in [0.3, 0.4) is 0 Å². The van der Waals surface area contributed by atoms with Crippen LogP contribution in [0.1, 0.15) is 29.9 Å². The Labute approximate surface area is 123 Å². The molecule has 2 rings (SSSR count). The summed E-state index contributed by atoms with van der Waals surface area (Å²) in [4.78, 5) is 12.3. The second-order valence-electron chi connectivity index (χ2n) is 4.69. The normalized spacial score (nSPS) is 10.4. The van der Waals surface area contributed by atoms with Gasteiger partial charge in [-0.25, -0.2) is 0 Å². The Morgan fingerprint density at radius 1 is 1.38 bits per heavy atom. The van der Waals surface area contributed by atoms with Crippen LogP contribution in [0.25, 0.3) is 0 Å². The largest absolute Gasteiger partial charge is 0.494 e. The zero-order chi connectivity index (χ0) is 15.4. The second kappa shape index (κ2) is 6.30. The second-order valence-corrected chi connectivity index (χ2v) is 4.69. The number of hydrogen-bond acceptors (Lipinski definition) is 4. The molecule has 112 valence electrons. The van der Waals surface area contributed by atoms with E-state index in [2.05, 4.69) is 10.4 Å². The summed E-state index contributed by atoms with van der Waals surface area (Å²) in [5.41, 5.74) is 8.32. The lowest BCUT2D eigenvalue weighted by Gasteiger charge is -2.08. The number of benzene rings is 1. The number of anilines is 2. The Morgan fingerprint density at radius 2 is 2.14 bits per heavy atom. The van der Waals surface area contributed by atoms with Gasteiger partial charge in [-0.3, -0.25) is 9.48 Å². The van der Waals surface area contributed by atoms with Crippen LogP contribution in [0, 0.1) is 0 Å². The van der Waals surface area contributed by atoms with Gasteiger partial charge in [-0.05, 0) is 25.5 Å². The van der Waals surface area contributed by atoms with E-state index < -0.39 is 0 Å². The van der Waals surface area contributed by atoms with Crippen molar-refractivity contribution in [2.75, 3.05) is 17.7 Å². The van der Waals surface area contributed by atoms with E-state index in [0.29, 0.717) is 29.3 Å². The van der Waals surface area contributed by atoms with Crippen LogP contribution < -0.4 is 15.8 Å². The molecule has 0 radical (unpaired) electrons. The van der Waals surface area contributed by atoms with Crippen molar-refractivity contribution in [2.45, 2.75) is 20.3 Å². The number of ether oxygens (including phenoxy) is 1. The molecular formula is C15H20N4O2. The van der Waals surface area contributed by atoms with Crippen LogP contribution in [-0.2, 0) is 13.5 Å². The van der Waals surface area contributed by atoms with Crippen molar-refractivity contribution in [3.05, 3.63) is 35.7 Å². The lowest BCUT2D eigenvalue weighted by atomic mass is 10.1. The minimum absolute atomic E-state index is 0.231. The number of carbonyl (C=O) groups is 1. The number of nitrogens with two attached hydrogens (primary N) is 1. The number of rotatable bonds is 5. The van der Waals surface area contributed by atoms with Gasteiger partial charge in [0.15, 0.2) is 0 Å². The molecule has 2 aromatic rings. The summed E-state index contributed by atoms with van der Waals surface area (Å²) in [5, 5.41) is 7.15. The molecule has 0 aliphatic carbocycles. The molecule has 21 heavy (non-hydrogen) atoms.